The Morgan fingerprint density at radius 1 is 1.29 bits per heavy atom. The first-order valence-corrected chi connectivity index (χ1v) is 9.02. The summed E-state index contributed by atoms with van der Waals surface area (Å²) < 4.78 is 0. The SMILES string of the molecule is Cc1[nH]c2ccccc2c1/C=N/c1sc2c(c1C(N)=O)CCCC2. The summed E-state index contributed by atoms with van der Waals surface area (Å²) in [4.78, 5) is 21.2. The van der Waals surface area contributed by atoms with Crippen LogP contribution in [-0.4, -0.2) is 17.1 Å². The molecule has 0 atom stereocenters. The minimum Gasteiger partial charge on any atom is -0.365 e. The lowest BCUT2D eigenvalue weighted by molar-refractivity contribution is 0.100. The Hall–Kier alpha value is -2.40. The number of hydrogen-bond donors (Lipinski definition) is 2. The fraction of sp³-hybridized carbons (Fsp3) is 0.263. The summed E-state index contributed by atoms with van der Waals surface area (Å²) in [6, 6.07) is 8.16. The molecule has 2 heterocycles. The molecule has 0 saturated heterocycles. The van der Waals surface area contributed by atoms with E-state index in [2.05, 4.69) is 22.1 Å². The average Bonchev–Trinajstić information content (AvgIpc) is 3.09. The topological polar surface area (TPSA) is 71.2 Å². The number of carbonyl (C=O) groups excluding carboxylic acids is 1. The quantitative estimate of drug-likeness (QED) is 0.689. The van der Waals surface area contributed by atoms with Crippen molar-refractivity contribution < 1.29 is 4.79 Å². The van der Waals surface area contributed by atoms with Crippen molar-refractivity contribution in [2.75, 3.05) is 0 Å². The average molecular weight is 337 g/mol. The third kappa shape index (κ3) is 2.45. The Balaban J connectivity index is 1.80. The molecule has 3 aromatic rings. The van der Waals surface area contributed by atoms with Gasteiger partial charge in [0.15, 0.2) is 0 Å². The molecule has 4 rings (SSSR count). The van der Waals surface area contributed by atoms with Crippen LogP contribution in [0.4, 0.5) is 5.00 Å². The van der Waals surface area contributed by atoms with Gasteiger partial charge < -0.3 is 10.7 Å². The highest BCUT2D eigenvalue weighted by Gasteiger charge is 2.23. The summed E-state index contributed by atoms with van der Waals surface area (Å²) in [7, 11) is 0. The normalized spacial score (nSPS) is 14.4. The summed E-state index contributed by atoms with van der Waals surface area (Å²) in [5.74, 6) is -0.364. The standard InChI is InChI=1S/C19H19N3OS/c1-11-14(12-6-2-4-8-15(12)22-11)10-21-19-17(18(20)23)13-7-3-5-9-16(13)24-19/h2,4,6,8,10,22H,3,5,7,9H2,1H3,(H2,20,23)/b21-10+. The van der Waals surface area contributed by atoms with Crippen molar-refractivity contribution >= 4 is 39.4 Å². The molecule has 1 aromatic carbocycles. The van der Waals surface area contributed by atoms with E-state index in [0.717, 1.165) is 52.0 Å². The van der Waals surface area contributed by atoms with Gasteiger partial charge in [-0.1, -0.05) is 18.2 Å². The number of aromatic nitrogens is 1. The molecule has 5 heteroatoms. The van der Waals surface area contributed by atoms with Gasteiger partial charge >= 0.3 is 0 Å². The van der Waals surface area contributed by atoms with E-state index in [1.807, 2.05) is 25.3 Å². The maximum absolute atomic E-state index is 11.9. The first-order valence-electron chi connectivity index (χ1n) is 8.21. The van der Waals surface area contributed by atoms with Crippen LogP contribution in [0.1, 0.15) is 44.9 Å². The second kappa shape index (κ2) is 5.91. The molecular formula is C19H19N3OS. The van der Waals surface area contributed by atoms with Gasteiger partial charge in [0.05, 0.1) is 5.56 Å². The molecule has 1 aliphatic rings. The number of H-pyrrole nitrogens is 1. The van der Waals surface area contributed by atoms with Crippen molar-refractivity contribution in [1.82, 2.24) is 4.98 Å². The first-order chi connectivity index (χ1) is 11.6. The van der Waals surface area contributed by atoms with E-state index in [1.165, 1.54) is 11.3 Å². The van der Waals surface area contributed by atoms with Gasteiger partial charge in [0, 0.05) is 33.3 Å². The van der Waals surface area contributed by atoms with Crippen LogP contribution in [0.3, 0.4) is 0 Å². The summed E-state index contributed by atoms with van der Waals surface area (Å²) >= 11 is 1.61. The zero-order valence-corrected chi connectivity index (χ0v) is 14.4. The molecule has 1 amide bonds. The predicted molar refractivity (Wildman–Crippen MR) is 99.8 cm³/mol. The Morgan fingerprint density at radius 3 is 2.92 bits per heavy atom. The van der Waals surface area contributed by atoms with Gasteiger partial charge in [-0.05, 0) is 44.2 Å². The molecule has 2 aromatic heterocycles. The zero-order valence-electron chi connectivity index (χ0n) is 13.6. The molecular weight excluding hydrogens is 318 g/mol. The predicted octanol–water partition coefficient (Wildman–Crippen LogP) is 4.27. The minimum atomic E-state index is -0.364. The molecule has 0 unspecified atom stereocenters. The van der Waals surface area contributed by atoms with Crippen LogP contribution in [-0.2, 0) is 12.8 Å². The highest BCUT2D eigenvalue weighted by Crippen LogP contribution is 2.39. The number of primary amides is 1. The number of carbonyl (C=O) groups is 1. The van der Waals surface area contributed by atoms with Gasteiger partial charge in [-0.3, -0.25) is 4.79 Å². The number of hydrogen-bond acceptors (Lipinski definition) is 3. The van der Waals surface area contributed by atoms with Gasteiger partial charge in [0.2, 0.25) is 0 Å². The summed E-state index contributed by atoms with van der Waals surface area (Å²) in [5, 5.41) is 1.89. The molecule has 24 heavy (non-hydrogen) atoms. The lowest BCUT2D eigenvalue weighted by atomic mass is 9.95. The number of aromatic amines is 1. The smallest absolute Gasteiger partial charge is 0.252 e. The Labute approximate surface area is 144 Å². The second-order valence-corrected chi connectivity index (χ2v) is 7.31. The van der Waals surface area contributed by atoms with Crippen molar-refractivity contribution in [1.29, 1.82) is 0 Å². The molecule has 3 N–H and O–H groups in total. The van der Waals surface area contributed by atoms with Crippen molar-refractivity contribution in [2.45, 2.75) is 32.6 Å². The summed E-state index contributed by atoms with van der Waals surface area (Å²) in [5.41, 5.74) is 10.6. The first kappa shape index (κ1) is 15.1. The lowest BCUT2D eigenvalue weighted by Crippen LogP contribution is -2.14. The van der Waals surface area contributed by atoms with Gasteiger partial charge in [-0.2, -0.15) is 0 Å². The van der Waals surface area contributed by atoms with E-state index in [1.54, 1.807) is 11.3 Å². The molecule has 0 fully saturated rings. The molecule has 0 bridgehead atoms. The van der Waals surface area contributed by atoms with Crippen LogP contribution in [0.25, 0.3) is 10.9 Å². The zero-order chi connectivity index (χ0) is 16.7. The van der Waals surface area contributed by atoms with Crippen molar-refractivity contribution in [3.63, 3.8) is 0 Å². The highest BCUT2D eigenvalue weighted by molar-refractivity contribution is 7.16. The van der Waals surface area contributed by atoms with E-state index in [9.17, 15) is 4.79 Å². The van der Waals surface area contributed by atoms with Crippen LogP contribution in [0, 0.1) is 6.92 Å². The highest BCUT2D eigenvalue weighted by atomic mass is 32.1. The number of aryl methyl sites for hydroxylation is 2. The minimum absolute atomic E-state index is 0.364. The molecule has 4 nitrogen and oxygen atoms in total. The fourth-order valence-corrected chi connectivity index (χ4v) is 4.72. The second-order valence-electron chi connectivity index (χ2n) is 6.22. The van der Waals surface area contributed by atoms with Crippen molar-refractivity contribution in [3.8, 4) is 0 Å². The molecule has 0 spiro atoms. The number of fused-ring (bicyclic) bond motifs is 2. The summed E-state index contributed by atoms with van der Waals surface area (Å²) in [6.45, 7) is 2.04. The number of rotatable bonds is 3. The monoisotopic (exact) mass is 337 g/mol. The Kier molecular flexibility index (Phi) is 3.73. The number of nitrogens with one attached hydrogen (secondary N) is 1. The van der Waals surface area contributed by atoms with Crippen molar-refractivity contribution in [2.24, 2.45) is 10.7 Å². The number of aliphatic imine (C=N–C) groups is 1. The number of para-hydroxylation sites is 1. The number of thiophene rings is 1. The Bertz CT molecular complexity index is 965. The molecule has 1 aliphatic carbocycles. The largest absolute Gasteiger partial charge is 0.365 e. The maximum atomic E-state index is 11.9. The summed E-state index contributed by atoms with van der Waals surface area (Å²) in [6.07, 6.45) is 6.12. The molecule has 0 aliphatic heterocycles. The number of nitrogens with two attached hydrogens (primary N) is 1. The van der Waals surface area contributed by atoms with Gasteiger partial charge in [-0.25, -0.2) is 4.99 Å². The Morgan fingerprint density at radius 2 is 2.08 bits per heavy atom. The molecule has 0 saturated carbocycles. The third-order valence-corrected chi connectivity index (χ3v) is 5.85. The maximum Gasteiger partial charge on any atom is 0.252 e. The van der Waals surface area contributed by atoms with E-state index in [-0.39, 0.29) is 5.91 Å². The van der Waals surface area contributed by atoms with E-state index in [0.29, 0.717) is 5.56 Å². The van der Waals surface area contributed by atoms with Crippen molar-refractivity contribution in [3.05, 3.63) is 51.5 Å². The van der Waals surface area contributed by atoms with Gasteiger partial charge in [0.25, 0.3) is 5.91 Å². The fourth-order valence-electron chi connectivity index (χ4n) is 3.48. The number of amides is 1. The molecule has 0 radical (unpaired) electrons. The van der Waals surface area contributed by atoms with E-state index < -0.39 is 0 Å². The van der Waals surface area contributed by atoms with Crippen LogP contribution >= 0.6 is 11.3 Å². The van der Waals surface area contributed by atoms with Crippen LogP contribution in [0.5, 0.6) is 0 Å². The van der Waals surface area contributed by atoms with Crippen LogP contribution in [0.2, 0.25) is 0 Å². The van der Waals surface area contributed by atoms with E-state index >= 15 is 0 Å². The van der Waals surface area contributed by atoms with Gasteiger partial charge in [0.1, 0.15) is 5.00 Å². The van der Waals surface area contributed by atoms with Crippen LogP contribution < -0.4 is 5.73 Å². The lowest BCUT2D eigenvalue weighted by Gasteiger charge is -2.10. The number of nitrogens with zero attached hydrogens (tertiary/aromatic N) is 1. The van der Waals surface area contributed by atoms with Gasteiger partial charge in [-0.15, -0.1) is 11.3 Å². The van der Waals surface area contributed by atoms with Crippen LogP contribution in [0.15, 0.2) is 29.3 Å². The van der Waals surface area contributed by atoms with E-state index in [4.69, 9.17) is 5.73 Å². The molecule has 122 valence electrons. The third-order valence-electron chi connectivity index (χ3n) is 4.65. The number of benzene rings is 1.